The number of aliphatic hydroxyl groups excluding tert-OH is 2. The van der Waals surface area contributed by atoms with E-state index in [0.29, 0.717) is 28.1 Å². The number of aromatic nitrogens is 1. The average Bonchev–Trinajstić information content (AvgIpc) is 3.46. The van der Waals surface area contributed by atoms with E-state index in [4.69, 9.17) is 5.11 Å². The molecule has 0 spiro atoms. The van der Waals surface area contributed by atoms with Crippen LogP contribution in [-0.2, 0) is 21.4 Å². The number of anilines is 1. The van der Waals surface area contributed by atoms with E-state index in [0.717, 1.165) is 5.01 Å². The van der Waals surface area contributed by atoms with Gasteiger partial charge >= 0.3 is 5.97 Å². The molecule has 4 N–H and O–H groups in total. The van der Waals surface area contributed by atoms with Crippen LogP contribution in [0.25, 0.3) is 22.4 Å². The van der Waals surface area contributed by atoms with E-state index in [9.17, 15) is 27.8 Å². The first-order valence-corrected chi connectivity index (χ1v) is 18.0. The normalized spacial score (nSPS) is 12.8. The van der Waals surface area contributed by atoms with E-state index in [-0.39, 0.29) is 41.5 Å². The number of sulfonamides is 1. The summed E-state index contributed by atoms with van der Waals surface area (Å²) in [5.41, 5.74) is 3.17. The van der Waals surface area contributed by atoms with Crippen molar-refractivity contribution in [2.75, 3.05) is 5.01 Å². The molecular weight excluding hydrogens is 674 g/mol. The summed E-state index contributed by atoms with van der Waals surface area (Å²) in [4.78, 5) is 28.8. The topological polar surface area (TPSA) is 149 Å². The van der Waals surface area contributed by atoms with Gasteiger partial charge in [-0.3, -0.25) is 9.59 Å². The van der Waals surface area contributed by atoms with Crippen LogP contribution in [0.1, 0.15) is 55.1 Å². The molecular formula is C39H40FN3O7S. The highest BCUT2D eigenvalue weighted by Crippen LogP contribution is 2.43. The Bertz CT molecular complexity index is 2060. The minimum Gasteiger partial charge on any atom is -0.481 e. The number of para-hydroxylation sites is 1. The number of hydrogen-bond donors (Lipinski definition) is 4. The number of hydrazine groups is 1. The first kappa shape index (κ1) is 37.1. The van der Waals surface area contributed by atoms with Crippen LogP contribution in [0.2, 0.25) is 0 Å². The number of nitrogens with zero attached hydrogens (tertiary/aromatic N) is 2. The van der Waals surface area contributed by atoms with Gasteiger partial charge in [0.25, 0.3) is 15.9 Å². The summed E-state index contributed by atoms with van der Waals surface area (Å²) in [6.45, 7) is 3.90. The second-order valence-electron chi connectivity index (χ2n) is 12.5. The lowest BCUT2D eigenvalue weighted by Crippen LogP contribution is -2.46. The fraction of sp³-hybridized carbons (Fsp3) is 0.231. The number of carbonyl (C=O) groups excluding carboxylic acids is 1. The van der Waals surface area contributed by atoms with Gasteiger partial charge in [0, 0.05) is 17.8 Å². The average molecular weight is 714 g/mol. The lowest BCUT2D eigenvalue weighted by molar-refractivity contribution is -0.139. The summed E-state index contributed by atoms with van der Waals surface area (Å²) in [6, 6.07) is 30.9. The number of aliphatic hydroxyl groups is 2. The Hall–Kier alpha value is -5.14. The zero-order chi connectivity index (χ0) is 36.7. The number of halogens is 1. The zero-order valence-corrected chi connectivity index (χ0v) is 29.0. The number of hydrogen-bond acceptors (Lipinski definition) is 6. The molecule has 0 unspecified atom stereocenters. The van der Waals surface area contributed by atoms with Crippen LogP contribution >= 0.6 is 0 Å². The predicted octanol–water partition coefficient (Wildman–Crippen LogP) is 6.60. The quantitative estimate of drug-likeness (QED) is 0.0894. The maximum Gasteiger partial charge on any atom is 0.305 e. The van der Waals surface area contributed by atoms with Crippen LogP contribution in [0, 0.1) is 5.82 Å². The summed E-state index contributed by atoms with van der Waals surface area (Å²) >= 11 is 0. The minimum absolute atomic E-state index is 0.0465. The van der Waals surface area contributed by atoms with Gasteiger partial charge in [0.2, 0.25) is 0 Å². The maximum absolute atomic E-state index is 15.2. The number of amides is 1. The molecule has 0 saturated carbocycles. The lowest BCUT2D eigenvalue weighted by atomic mass is 9.94. The predicted molar refractivity (Wildman–Crippen MR) is 193 cm³/mol. The molecule has 1 amide bonds. The SMILES string of the molecule is CC(C)c1c(C(=O)N(NS(=O)(=O)c2ccccc2)c2ccccc2)c(-c2ccccc2)c(-c2ccc(F)cc2)n1CC[C@@H](O)C[C@@H](O)CC(=O)O. The van der Waals surface area contributed by atoms with E-state index in [1.165, 1.54) is 24.3 Å². The third-order valence-corrected chi connectivity index (χ3v) is 9.68. The van der Waals surface area contributed by atoms with Gasteiger partial charge in [0.15, 0.2) is 0 Å². The monoisotopic (exact) mass is 713 g/mol. The van der Waals surface area contributed by atoms with Gasteiger partial charge in [-0.25, -0.2) is 17.8 Å². The van der Waals surface area contributed by atoms with Crippen molar-refractivity contribution in [1.82, 2.24) is 9.40 Å². The number of nitrogens with one attached hydrogen (secondary N) is 1. The molecule has 5 aromatic rings. The van der Waals surface area contributed by atoms with Gasteiger partial charge in [-0.2, -0.15) is 0 Å². The van der Waals surface area contributed by atoms with Gasteiger partial charge < -0.3 is 19.9 Å². The Morgan fingerprint density at radius 1 is 0.804 bits per heavy atom. The van der Waals surface area contributed by atoms with E-state index < -0.39 is 46.3 Å². The van der Waals surface area contributed by atoms with Crippen molar-refractivity contribution in [3.05, 3.63) is 132 Å². The van der Waals surface area contributed by atoms with Gasteiger partial charge in [-0.15, -0.1) is 4.83 Å². The first-order valence-electron chi connectivity index (χ1n) is 16.5. The third-order valence-electron chi connectivity index (χ3n) is 8.37. The Labute approximate surface area is 296 Å². The van der Waals surface area contributed by atoms with Crippen molar-refractivity contribution in [3.8, 4) is 22.4 Å². The third kappa shape index (κ3) is 8.78. The number of carbonyl (C=O) groups is 2. The molecule has 1 aromatic heterocycles. The summed E-state index contributed by atoms with van der Waals surface area (Å²) < 4.78 is 43.7. The second kappa shape index (κ2) is 16.3. The molecule has 1 heterocycles. The molecule has 4 aromatic carbocycles. The molecule has 0 radical (unpaired) electrons. The number of benzene rings is 4. The molecule has 0 saturated heterocycles. The molecule has 10 nitrogen and oxygen atoms in total. The summed E-state index contributed by atoms with van der Waals surface area (Å²) in [5, 5.41) is 31.2. The van der Waals surface area contributed by atoms with Gasteiger partial charge in [0.05, 0.1) is 40.5 Å². The highest BCUT2D eigenvalue weighted by Gasteiger charge is 2.35. The smallest absolute Gasteiger partial charge is 0.305 e. The largest absolute Gasteiger partial charge is 0.481 e. The van der Waals surface area contributed by atoms with E-state index in [2.05, 4.69) is 4.83 Å². The molecule has 2 atom stereocenters. The highest BCUT2D eigenvalue weighted by atomic mass is 32.2. The van der Waals surface area contributed by atoms with Crippen LogP contribution in [0.5, 0.6) is 0 Å². The fourth-order valence-corrected chi connectivity index (χ4v) is 7.20. The summed E-state index contributed by atoms with van der Waals surface area (Å²) in [5.74, 6) is -2.67. The molecule has 12 heteroatoms. The Balaban J connectivity index is 1.75. The van der Waals surface area contributed by atoms with Gasteiger partial charge in [0.1, 0.15) is 5.82 Å². The van der Waals surface area contributed by atoms with Crippen molar-refractivity contribution in [1.29, 1.82) is 0 Å². The summed E-state index contributed by atoms with van der Waals surface area (Å²) in [6.07, 6.45) is -3.00. The zero-order valence-electron chi connectivity index (χ0n) is 28.2. The van der Waals surface area contributed by atoms with Crippen molar-refractivity contribution in [2.24, 2.45) is 0 Å². The van der Waals surface area contributed by atoms with Crippen molar-refractivity contribution < 1.29 is 37.7 Å². The Morgan fingerprint density at radius 3 is 1.94 bits per heavy atom. The molecule has 0 aliphatic rings. The Kier molecular flexibility index (Phi) is 11.8. The van der Waals surface area contributed by atoms with Crippen LogP contribution in [0.15, 0.2) is 120 Å². The molecule has 266 valence electrons. The Morgan fingerprint density at radius 2 is 1.37 bits per heavy atom. The highest BCUT2D eigenvalue weighted by molar-refractivity contribution is 7.89. The second-order valence-corrected chi connectivity index (χ2v) is 14.1. The standard InChI is InChI=1S/C39H40FN3O7S/c1-26(2)37-36(39(48)43(30-14-8-4-9-15-30)41-51(49,50)33-16-10-5-11-17-33)35(27-12-6-3-7-13-27)38(28-18-20-29(40)21-19-28)42(37)23-22-31(44)24-32(45)25-34(46)47/h3-21,26,31-32,41,44-45H,22-25H2,1-2H3,(H,46,47)/t31-,32-/m1/s1. The van der Waals surface area contributed by atoms with Gasteiger partial charge in [-0.05, 0) is 78.4 Å². The van der Waals surface area contributed by atoms with E-state index >= 15 is 4.79 Å². The fourth-order valence-electron chi connectivity index (χ4n) is 6.15. The van der Waals surface area contributed by atoms with Gasteiger partial charge in [-0.1, -0.05) is 80.6 Å². The van der Waals surface area contributed by atoms with Crippen LogP contribution in [0.3, 0.4) is 0 Å². The minimum atomic E-state index is -4.27. The van der Waals surface area contributed by atoms with Crippen molar-refractivity contribution in [2.45, 2.75) is 62.7 Å². The first-order chi connectivity index (χ1) is 24.4. The van der Waals surface area contributed by atoms with Crippen LogP contribution < -0.4 is 9.84 Å². The van der Waals surface area contributed by atoms with E-state index in [1.807, 2.05) is 48.7 Å². The number of aliphatic carboxylic acids is 1. The maximum atomic E-state index is 15.2. The molecule has 0 bridgehead atoms. The van der Waals surface area contributed by atoms with Crippen molar-refractivity contribution in [3.63, 3.8) is 0 Å². The molecule has 5 rings (SSSR count). The van der Waals surface area contributed by atoms with Crippen molar-refractivity contribution >= 4 is 27.6 Å². The molecule has 51 heavy (non-hydrogen) atoms. The summed E-state index contributed by atoms with van der Waals surface area (Å²) in [7, 11) is -4.27. The molecule has 0 aliphatic carbocycles. The number of carboxylic acid groups (broad SMARTS) is 1. The van der Waals surface area contributed by atoms with E-state index in [1.54, 1.807) is 60.7 Å². The number of rotatable bonds is 15. The molecule has 0 fully saturated rings. The van der Waals surface area contributed by atoms with Crippen LogP contribution in [-0.4, -0.2) is 52.4 Å². The van der Waals surface area contributed by atoms with Crippen LogP contribution in [0.4, 0.5) is 10.1 Å². The molecule has 0 aliphatic heterocycles. The lowest BCUT2D eigenvalue weighted by Gasteiger charge is -2.25. The number of carboxylic acids is 1.